The highest BCUT2D eigenvalue weighted by Crippen LogP contribution is 2.23. The number of amides is 1. The molecule has 1 atom stereocenters. The maximum absolute atomic E-state index is 13.2. The number of fused-ring (bicyclic) bond motifs is 2. The Bertz CT molecular complexity index is 1220. The smallest absolute Gasteiger partial charge is 0.272 e. The quantitative estimate of drug-likeness (QED) is 0.693. The topological polar surface area (TPSA) is 82.2 Å². The van der Waals surface area contributed by atoms with Gasteiger partial charge in [0.15, 0.2) is 0 Å². The van der Waals surface area contributed by atoms with Crippen LogP contribution in [0.15, 0.2) is 35.1 Å². The predicted molar refractivity (Wildman–Crippen MR) is 120 cm³/mol. The summed E-state index contributed by atoms with van der Waals surface area (Å²) in [6, 6.07) is 9.66. The number of carbonyl (C=O) groups excluding carboxylic acids is 1. The van der Waals surface area contributed by atoms with Crippen molar-refractivity contribution in [3.05, 3.63) is 63.2 Å². The van der Waals surface area contributed by atoms with Crippen LogP contribution in [0.25, 0.3) is 10.9 Å². The van der Waals surface area contributed by atoms with Crippen molar-refractivity contribution < 1.29 is 4.79 Å². The van der Waals surface area contributed by atoms with E-state index >= 15 is 0 Å². The van der Waals surface area contributed by atoms with Crippen LogP contribution in [0.3, 0.4) is 0 Å². The molecule has 7 nitrogen and oxygen atoms in total. The first kappa shape index (κ1) is 19.7. The largest absolute Gasteiger partial charge is 0.342 e. The Labute approximate surface area is 181 Å². The summed E-state index contributed by atoms with van der Waals surface area (Å²) in [5.74, 6) is 1.12. The van der Waals surface area contributed by atoms with E-state index in [0.29, 0.717) is 36.1 Å². The van der Waals surface area contributed by atoms with E-state index in [9.17, 15) is 9.59 Å². The molecule has 0 bridgehead atoms. The molecule has 0 spiro atoms. The molecule has 2 aliphatic rings. The zero-order valence-electron chi connectivity index (χ0n) is 18.0. The van der Waals surface area contributed by atoms with Crippen molar-refractivity contribution in [2.24, 2.45) is 5.92 Å². The van der Waals surface area contributed by atoms with Gasteiger partial charge in [-0.05, 0) is 43.4 Å². The standard InChI is InChI=1S/C24H27N5O2/c1-15-6-5-10-29(13-15)24-26-20-9-11-28(14-18(20)22(30)27-24)23(31)21-12-16(2)17-7-3-4-8-19(17)25-21/h3-4,7-8,12,15H,5-6,9-11,13-14H2,1-2H3,(H,26,27,30)/t15-/m1/s1. The summed E-state index contributed by atoms with van der Waals surface area (Å²) in [7, 11) is 0. The van der Waals surface area contributed by atoms with Gasteiger partial charge in [-0.1, -0.05) is 25.1 Å². The van der Waals surface area contributed by atoms with Crippen LogP contribution in [-0.2, 0) is 13.0 Å². The molecule has 2 aliphatic heterocycles. The lowest BCUT2D eigenvalue weighted by Gasteiger charge is -2.33. The molecule has 1 saturated heterocycles. The van der Waals surface area contributed by atoms with Gasteiger partial charge in [0.25, 0.3) is 11.5 Å². The molecule has 1 N–H and O–H groups in total. The zero-order chi connectivity index (χ0) is 21.5. The maximum Gasteiger partial charge on any atom is 0.272 e. The van der Waals surface area contributed by atoms with Gasteiger partial charge >= 0.3 is 0 Å². The van der Waals surface area contributed by atoms with Crippen molar-refractivity contribution in [2.75, 3.05) is 24.5 Å². The minimum atomic E-state index is -0.146. The van der Waals surface area contributed by atoms with Crippen LogP contribution < -0.4 is 10.5 Å². The number of hydrogen-bond donors (Lipinski definition) is 1. The fourth-order valence-electron chi connectivity index (χ4n) is 4.74. The van der Waals surface area contributed by atoms with Crippen molar-refractivity contribution >= 4 is 22.8 Å². The van der Waals surface area contributed by atoms with Gasteiger partial charge < -0.3 is 9.80 Å². The van der Waals surface area contributed by atoms with Crippen LogP contribution >= 0.6 is 0 Å². The van der Waals surface area contributed by atoms with Gasteiger partial charge in [-0.25, -0.2) is 9.97 Å². The third kappa shape index (κ3) is 3.69. The molecule has 0 radical (unpaired) electrons. The Morgan fingerprint density at radius 2 is 2.03 bits per heavy atom. The maximum atomic E-state index is 13.2. The Kier molecular flexibility index (Phi) is 4.96. The third-order valence-corrected chi connectivity index (χ3v) is 6.44. The van der Waals surface area contributed by atoms with Crippen LogP contribution in [0.2, 0.25) is 0 Å². The summed E-state index contributed by atoms with van der Waals surface area (Å²) in [5.41, 5.74) is 3.50. The number of aryl methyl sites for hydroxylation is 1. The van der Waals surface area contributed by atoms with E-state index in [1.807, 2.05) is 37.3 Å². The predicted octanol–water partition coefficient (Wildman–Crippen LogP) is 3.06. The van der Waals surface area contributed by atoms with Gasteiger partial charge in [0.05, 0.1) is 23.3 Å². The number of aromatic amines is 1. The Morgan fingerprint density at radius 3 is 2.87 bits per heavy atom. The Hall–Kier alpha value is -3.22. The van der Waals surface area contributed by atoms with Gasteiger partial charge in [0, 0.05) is 31.4 Å². The average molecular weight is 418 g/mol. The van der Waals surface area contributed by atoms with Crippen LogP contribution in [0, 0.1) is 12.8 Å². The van der Waals surface area contributed by atoms with E-state index in [1.165, 1.54) is 6.42 Å². The first-order valence-corrected chi connectivity index (χ1v) is 11.0. The summed E-state index contributed by atoms with van der Waals surface area (Å²) in [5, 5.41) is 1.04. The number of piperidine rings is 1. The molecule has 1 aromatic carbocycles. The molecule has 0 saturated carbocycles. The van der Waals surface area contributed by atoms with Gasteiger partial charge in [0.2, 0.25) is 5.95 Å². The van der Waals surface area contributed by atoms with E-state index in [4.69, 9.17) is 4.98 Å². The number of pyridine rings is 1. The summed E-state index contributed by atoms with van der Waals surface area (Å²) in [4.78, 5) is 42.2. The van der Waals surface area contributed by atoms with Crippen molar-refractivity contribution in [3.63, 3.8) is 0 Å². The summed E-state index contributed by atoms with van der Waals surface area (Å²) < 4.78 is 0. The highest BCUT2D eigenvalue weighted by Gasteiger charge is 2.28. The number of anilines is 1. The SMILES string of the molecule is Cc1cc(C(=O)N2CCc3nc(N4CCC[C@@H](C)C4)[nH]c(=O)c3C2)nc2ccccc12. The molecule has 5 rings (SSSR count). The minimum Gasteiger partial charge on any atom is -0.342 e. The highest BCUT2D eigenvalue weighted by atomic mass is 16.2. The minimum absolute atomic E-state index is 0.140. The lowest BCUT2D eigenvalue weighted by atomic mass is 10.0. The van der Waals surface area contributed by atoms with Gasteiger partial charge in [-0.2, -0.15) is 0 Å². The number of carbonyl (C=O) groups is 1. The summed E-state index contributed by atoms with van der Waals surface area (Å²) in [6.07, 6.45) is 2.90. The molecule has 0 unspecified atom stereocenters. The number of hydrogen-bond acceptors (Lipinski definition) is 5. The molecule has 160 valence electrons. The third-order valence-electron chi connectivity index (χ3n) is 6.44. The molecular weight excluding hydrogens is 390 g/mol. The highest BCUT2D eigenvalue weighted by molar-refractivity contribution is 5.96. The molecule has 1 amide bonds. The molecule has 2 aromatic heterocycles. The van der Waals surface area contributed by atoms with Crippen molar-refractivity contribution in [1.82, 2.24) is 19.9 Å². The molecule has 0 aliphatic carbocycles. The Balaban J connectivity index is 1.41. The van der Waals surface area contributed by atoms with Crippen LogP contribution in [0.1, 0.15) is 47.1 Å². The van der Waals surface area contributed by atoms with E-state index in [-0.39, 0.29) is 18.0 Å². The summed E-state index contributed by atoms with van der Waals surface area (Å²) in [6.45, 7) is 6.86. The number of para-hydroxylation sites is 1. The van der Waals surface area contributed by atoms with E-state index in [1.54, 1.807) is 4.90 Å². The molecule has 3 aromatic rings. The van der Waals surface area contributed by atoms with E-state index < -0.39 is 0 Å². The second-order valence-corrected chi connectivity index (χ2v) is 8.83. The molecule has 31 heavy (non-hydrogen) atoms. The van der Waals surface area contributed by atoms with Crippen molar-refractivity contribution in [3.8, 4) is 0 Å². The number of H-pyrrole nitrogens is 1. The molecule has 1 fully saturated rings. The lowest BCUT2D eigenvalue weighted by molar-refractivity contribution is 0.0727. The van der Waals surface area contributed by atoms with Gasteiger partial charge in [-0.15, -0.1) is 0 Å². The second kappa shape index (κ2) is 7.80. The molecule has 7 heteroatoms. The zero-order valence-corrected chi connectivity index (χ0v) is 18.0. The van der Waals surface area contributed by atoms with E-state index in [0.717, 1.165) is 41.7 Å². The normalized spacial score (nSPS) is 18.8. The summed E-state index contributed by atoms with van der Waals surface area (Å²) >= 11 is 0. The average Bonchev–Trinajstić information content (AvgIpc) is 2.78. The van der Waals surface area contributed by atoms with Crippen LogP contribution in [0.4, 0.5) is 5.95 Å². The fourth-order valence-corrected chi connectivity index (χ4v) is 4.74. The fraction of sp³-hybridized carbons (Fsp3) is 0.417. The monoisotopic (exact) mass is 417 g/mol. The number of benzene rings is 1. The number of rotatable bonds is 2. The van der Waals surface area contributed by atoms with Crippen molar-refractivity contribution in [2.45, 2.75) is 39.7 Å². The lowest BCUT2D eigenvalue weighted by Crippen LogP contribution is -2.42. The van der Waals surface area contributed by atoms with Crippen LogP contribution in [0.5, 0.6) is 0 Å². The number of aromatic nitrogens is 3. The second-order valence-electron chi connectivity index (χ2n) is 8.83. The van der Waals surface area contributed by atoms with Gasteiger partial charge in [-0.3, -0.25) is 14.6 Å². The van der Waals surface area contributed by atoms with Crippen LogP contribution in [-0.4, -0.2) is 45.4 Å². The number of nitrogens with zero attached hydrogens (tertiary/aromatic N) is 4. The Morgan fingerprint density at radius 1 is 1.19 bits per heavy atom. The van der Waals surface area contributed by atoms with Crippen molar-refractivity contribution in [1.29, 1.82) is 0 Å². The molecular formula is C24H27N5O2. The molecule has 4 heterocycles. The first-order valence-electron chi connectivity index (χ1n) is 11.0. The van der Waals surface area contributed by atoms with E-state index in [2.05, 4.69) is 21.8 Å². The van der Waals surface area contributed by atoms with Gasteiger partial charge in [0.1, 0.15) is 5.69 Å². The number of nitrogens with one attached hydrogen (secondary N) is 1. The first-order chi connectivity index (χ1) is 15.0.